The van der Waals surface area contributed by atoms with Crippen LogP contribution in [0.3, 0.4) is 0 Å². The molecule has 4 nitrogen and oxygen atoms in total. The molecule has 0 saturated carbocycles. The van der Waals surface area contributed by atoms with E-state index in [1.54, 1.807) is 0 Å². The fraction of sp³-hybridized carbons (Fsp3) is 0.240. The van der Waals surface area contributed by atoms with Crippen LogP contribution in [0.5, 0.6) is 5.75 Å². The van der Waals surface area contributed by atoms with Crippen LogP contribution in [-0.4, -0.2) is 25.2 Å². The van der Waals surface area contributed by atoms with E-state index in [0.29, 0.717) is 6.61 Å². The summed E-state index contributed by atoms with van der Waals surface area (Å²) in [6.45, 7) is 6.26. The van der Waals surface area contributed by atoms with Crippen LogP contribution in [0.2, 0.25) is 0 Å². The van der Waals surface area contributed by atoms with Crippen molar-refractivity contribution in [3.8, 4) is 16.9 Å². The lowest BCUT2D eigenvalue weighted by molar-refractivity contribution is 0.313. The molecule has 2 N–H and O–H groups in total. The van der Waals surface area contributed by atoms with Gasteiger partial charge in [0.1, 0.15) is 12.4 Å². The van der Waals surface area contributed by atoms with Crippen molar-refractivity contribution < 1.29 is 4.74 Å². The number of ether oxygens (including phenoxy) is 1. The van der Waals surface area contributed by atoms with E-state index in [1.807, 2.05) is 44.6 Å². The molecule has 29 heavy (non-hydrogen) atoms. The number of allylic oxidation sites excluding steroid dienone is 1. The lowest BCUT2D eigenvalue weighted by Gasteiger charge is -2.11. The second-order valence-corrected chi connectivity index (χ2v) is 7.09. The van der Waals surface area contributed by atoms with Gasteiger partial charge in [0.2, 0.25) is 0 Å². The third-order valence-corrected chi connectivity index (χ3v) is 4.73. The van der Waals surface area contributed by atoms with E-state index in [1.165, 1.54) is 11.1 Å². The van der Waals surface area contributed by atoms with Crippen molar-refractivity contribution in [3.63, 3.8) is 0 Å². The van der Waals surface area contributed by atoms with Gasteiger partial charge < -0.3 is 15.4 Å². The fourth-order valence-electron chi connectivity index (χ4n) is 2.99. The monoisotopic (exact) mass is 387 g/mol. The molecule has 1 aromatic heterocycles. The van der Waals surface area contributed by atoms with E-state index in [-0.39, 0.29) is 0 Å². The lowest BCUT2D eigenvalue weighted by Crippen LogP contribution is -2.20. The summed E-state index contributed by atoms with van der Waals surface area (Å²) < 4.78 is 5.97. The summed E-state index contributed by atoms with van der Waals surface area (Å²) in [7, 11) is 1.92. The number of para-hydroxylation sites is 1. The summed E-state index contributed by atoms with van der Waals surface area (Å²) >= 11 is 0. The third-order valence-electron chi connectivity index (χ3n) is 4.73. The number of nitrogens with one attached hydrogen (secondary N) is 2. The highest BCUT2D eigenvalue weighted by molar-refractivity contribution is 5.63. The number of aromatic nitrogens is 1. The highest BCUT2D eigenvalue weighted by Crippen LogP contribution is 2.21. The molecule has 3 aromatic rings. The highest BCUT2D eigenvalue weighted by atomic mass is 16.5. The average Bonchev–Trinajstić information content (AvgIpc) is 2.75. The molecule has 0 amide bonds. The van der Waals surface area contributed by atoms with E-state index in [0.717, 1.165) is 41.2 Å². The van der Waals surface area contributed by atoms with Crippen LogP contribution in [-0.2, 0) is 6.54 Å². The van der Waals surface area contributed by atoms with Gasteiger partial charge in [0.05, 0.1) is 0 Å². The summed E-state index contributed by atoms with van der Waals surface area (Å²) in [6.07, 6.45) is 5.91. The summed E-state index contributed by atoms with van der Waals surface area (Å²) in [5, 5.41) is 6.58. The molecule has 0 fully saturated rings. The first-order valence-corrected chi connectivity index (χ1v) is 9.95. The quantitative estimate of drug-likeness (QED) is 0.518. The van der Waals surface area contributed by atoms with E-state index in [2.05, 4.69) is 65.0 Å². The van der Waals surface area contributed by atoms with Crippen LogP contribution in [0, 0.1) is 6.92 Å². The van der Waals surface area contributed by atoms with Crippen LogP contribution < -0.4 is 15.4 Å². The maximum absolute atomic E-state index is 5.97. The van der Waals surface area contributed by atoms with E-state index in [4.69, 9.17) is 4.74 Å². The molecular formula is C25H29N3O. The summed E-state index contributed by atoms with van der Waals surface area (Å²) in [5.41, 5.74) is 6.93. The predicted octanol–water partition coefficient (Wildman–Crippen LogP) is 4.81. The normalized spacial score (nSPS) is 11.3. The lowest BCUT2D eigenvalue weighted by atomic mass is 10.0. The minimum absolute atomic E-state index is 0.606. The molecule has 0 bridgehead atoms. The van der Waals surface area contributed by atoms with Crippen molar-refractivity contribution in [2.75, 3.05) is 20.2 Å². The summed E-state index contributed by atoms with van der Waals surface area (Å²) in [4.78, 5) is 4.39. The van der Waals surface area contributed by atoms with Gasteiger partial charge in [-0.1, -0.05) is 48.0 Å². The fourth-order valence-corrected chi connectivity index (χ4v) is 2.99. The van der Waals surface area contributed by atoms with E-state index < -0.39 is 0 Å². The first-order valence-electron chi connectivity index (χ1n) is 9.95. The highest BCUT2D eigenvalue weighted by Gasteiger charge is 2.02. The van der Waals surface area contributed by atoms with Crippen molar-refractivity contribution in [1.29, 1.82) is 0 Å². The second-order valence-electron chi connectivity index (χ2n) is 7.09. The van der Waals surface area contributed by atoms with E-state index in [9.17, 15) is 0 Å². The largest absolute Gasteiger partial charge is 0.492 e. The minimum Gasteiger partial charge on any atom is -0.492 e. The zero-order chi connectivity index (χ0) is 20.5. The number of rotatable bonds is 9. The molecule has 150 valence electrons. The molecule has 0 aliphatic rings. The Bertz CT molecular complexity index is 948. The summed E-state index contributed by atoms with van der Waals surface area (Å²) in [6, 6.07) is 18.8. The SMILES string of the molecule is CN/C(C)=C\c1ccccc1OCCNCc1cncc(-c2ccc(C)cc2)c1. The molecule has 0 aliphatic heterocycles. The zero-order valence-electron chi connectivity index (χ0n) is 17.4. The van der Waals surface area contributed by atoms with Crippen molar-refractivity contribution >= 4 is 6.08 Å². The first-order chi connectivity index (χ1) is 14.2. The van der Waals surface area contributed by atoms with Crippen LogP contribution in [0.15, 0.2) is 72.7 Å². The Labute approximate surface area is 173 Å². The molecule has 0 aliphatic carbocycles. The van der Waals surface area contributed by atoms with Gasteiger partial charge in [-0.2, -0.15) is 0 Å². The Morgan fingerprint density at radius 3 is 2.62 bits per heavy atom. The van der Waals surface area contributed by atoms with Gasteiger partial charge in [0, 0.05) is 49.4 Å². The standard InChI is InChI=1S/C25H29N3O/c1-19-8-10-22(11-9-19)24-15-21(17-28-18-24)16-27-12-13-29-25-7-5-4-6-23(25)14-20(2)26-3/h4-11,14-15,17-18,26-27H,12-13,16H2,1-3H3/b20-14-. The van der Waals surface area contributed by atoms with Crippen molar-refractivity contribution in [2.24, 2.45) is 0 Å². The predicted molar refractivity (Wildman–Crippen MR) is 121 cm³/mol. The van der Waals surface area contributed by atoms with Crippen LogP contribution in [0.1, 0.15) is 23.6 Å². The molecular weight excluding hydrogens is 358 g/mol. The number of hydrogen-bond acceptors (Lipinski definition) is 4. The zero-order valence-corrected chi connectivity index (χ0v) is 17.4. The molecule has 3 rings (SSSR count). The van der Waals surface area contributed by atoms with Crippen molar-refractivity contribution in [3.05, 3.63) is 89.4 Å². The molecule has 0 saturated heterocycles. The third kappa shape index (κ3) is 6.19. The molecule has 0 unspecified atom stereocenters. The van der Waals surface area contributed by atoms with Gasteiger partial charge in [-0.05, 0) is 43.2 Å². The number of aryl methyl sites for hydroxylation is 1. The molecule has 2 aromatic carbocycles. The maximum Gasteiger partial charge on any atom is 0.126 e. The molecule has 0 spiro atoms. The summed E-state index contributed by atoms with van der Waals surface area (Å²) in [5.74, 6) is 0.895. The van der Waals surface area contributed by atoms with Crippen LogP contribution >= 0.6 is 0 Å². The van der Waals surface area contributed by atoms with Crippen molar-refractivity contribution in [1.82, 2.24) is 15.6 Å². The minimum atomic E-state index is 0.606. The van der Waals surface area contributed by atoms with Gasteiger partial charge in [0.25, 0.3) is 0 Å². The first kappa shape index (κ1) is 20.6. The van der Waals surface area contributed by atoms with Crippen LogP contribution in [0.4, 0.5) is 0 Å². The Balaban J connectivity index is 1.51. The Hall–Kier alpha value is -3.11. The Morgan fingerprint density at radius 1 is 1.03 bits per heavy atom. The van der Waals surface area contributed by atoms with E-state index >= 15 is 0 Å². The molecule has 0 atom stereocenters. The van der Waals surface area contributed by atoms with Crippen LogP contribution in [0.25, 0.3) is 17.2 Å². The smallest absolute Gasteiger partial charge is 0.126 e. The number of nitrogens with zero attached hydrogens (tertiary/aromatic N) is 1. The maximum atomic E-state index is 5.97. The second kappa shape index (κ2) is 10.4. The molecule has 0 radical (unpaired) electrons. The average molecular weight is 388 g/mol. The molecule has 1 heterocycles. The van der Waals surface area contributed by atoms with Gasteiger partial charge in [-0.25, -0.2) is 0 Å². The number of benzene rings is 2. The van der Waals surface area contributed by atoms with Gasteiger partial charge in [-0.15, -0.1) is 0 Å². The Morgan fingerprint density at radius 2 is 1.83 bits per heavy atom. The van der Waals surface area contributed by atoms with Gasteiger partial charge >= 0.3 is 0 Å². The van der Waals surface area contributed by atoms with Crippen molar-refractivity contribution in [2.45, 2.75) is 20.4 Å². The molecule has 4 heteroatoms. The van der Waals surface area contributed by atoms with Gasteiger partial charge in [0.15, 0.2) is 0 Å². The topological polar surface area (TPSA) is 46.2 Å². The Kier molecular flexibility index (Phi) is 7.42. The number of pyridine rings is 1. The number of hydrogen-bond donors (Lipinski definition) is 2. The van der Waals surface area contributed by atoms with Gasteiger partial charge in [-0.3, -0.25) is 4.98 Å².